The van der Waals surface area contributed by atoms with Crippen molar-refractivity contribution in [1.29, 1.82) is 0 Å². The smallest absolute Gasteiger partial charge is 0.00683 e. The van der Waals surface area contributed by atoms with Gasteiger partial charge in [-0.05, 0) is 67.2 Å². The summed E-state index contributed by atoms with van der Waals surface area (Å²) >= 11 is 0. The van der Waals surface area contributed by atoms with Gasteiger partial charge in [0.25, 0.3) is 0 Å². The summed E-state index contributed by atoms with van der Waals surface area (Å²) in [5.41, 5.74) is 1.30. The van der Waals surface area contributed by atoms with Gasteiger partial charge in [-0.25, -0.2) is 0 Å². The van der Waals surface area contributed by atoms with Crippen molar-refractivity contribution in [1.82, 2.24) is 5.32 Å². The van der Waals surface area contributed by atoms with Crippen molar-refractivity contribution in [2.75, 3.05) is 6.54 Å². The molecular weight excluding hydrogens is 206 g/mol. The summed E-state index contributed by atoms with van der Waals surface area (Å²) in [6.45, 7) is 11.3. The second-order valence-electron chi connectivity index (χ2n) is 7.81. The molecule has 4 unspecified atom stereocenters. The lowest BCUT2D eigenvalue weighted by atomic mass is 9.70. The second kappa shape index (κ2) is 3.73. The molecule has 0 saturated heterocycles. The van der Waals surface area contributed by atoms with Gasteiger partial charge in [-0.15, -0.1) is 0 Å². The molecule has 0 radical (unpaired) electrons. The van der Waals surface area contributed by atoms with Crippen molar-refractivity contribution in [2.45, 2.75) is 65.8 Å². The number of nitrogens with one attached hydrogen (secondary N) is 1. The first-order valence-corrected chi connectivity index (χ1v) is 7.71. The molecule has 3 aliphatic carbocycles. The van der Waals surface area contributed by atoms with Gasteiger partial charge >= 0.3 is 0 Å². The van der Waals surface area contributed by atoms with Gasteiger partial charge in [0, 0.05) is 6.04 Å². The lowest BCUT2D eigenvalue weighted by molar-refractivity contribution is 0.154. The van der Waals surface area contributed by atoms with Gasteiger partial charge in [-0.1, -0.05) is 27.7 Å². The summed E-state index contributed by atoms with van der Waals surface area (Å²) in [4.78, 5) is 0. The molecule has 0 amide bonds. The second-order valence-corrected chi connectivity index (χ2v) is 7.81. The predicted molar refractivity (Wildman–Crippen MR) is 72.9 cm³/mol. The zero-order valence-corrected chi connectivity index (χ0v) is 12.1. The van der Waals surface area contributed by atoms with E-state index in [1.165, 1.54) is 38.6 Å². The van der Waals surface area contributed by atoms with Crippen molar-refractivity contribution in [3.63, 3.8) is 0 Å². The predicted octanol–water partition coefficient (Wildman–Crippen LogP) is 3.84. The third-order valence-corrected chi connectivity index (χ3v) is 6.63. The van der Waals surface area contributed by atoms with Gasteiger partial charge in [-0.2, -0.15) is 0 Å². The Kier molecular flexibility index (Phi) is 2.63. The molecule has 1 heteroatoms. The van der Waals surface area contributed by atoms with Gasteiger partial charge in [0.05, 0.1) is 0 Å². The molecular formula is C16H29N. The summed E-state index contributed by atoms with van der Waals surface area (Å²) in [6.07, 6.45) is 7.28. The van der Waals surface area contributed by atoms with Crippen LogP contribution in [0.1, 0.15) is 59.8 Å². The standard InChI is InChI=1S/C16H29N/c1-11-7-8-16(9-12(11)2)14(15(16,3)4)10-17-13-5-6-13/h11-14,17H,5-10H2,1-4H3. The zero-order chi connectivity index (χ0) is 12.3. The first-order valence-electron chi connectivity index (χ1n) is 7.71. The molecule has 0 aromatic carbocycles. The van der Waals surface area contributed by atoms with Gasteiger partial charge in [0.1, 0.15) is 0 Å². The van der Waals surface area contributed by atoms with E-state index in [0.717, 1.165) is 23.8 Å². The fraction of sp³-hybridized carbons (Fsp3) is 1.00. The van der Waals surface area contributed by atoms with Crippen molar-refractivity contribution >= 4 is 0 Å². The molecule has 3 saturated carbocycles. The topological polar surface area (TPSA) is 12.0 Å². The van der Waals surface area contributed by atoms with Gasteiger partial charge < -0.3 is 5.32 Å². The third-order valence-electron chi connectivity index (χ3n) is 6.63. The Balaban J connectivity index is 1.65. The van der Waals surface area contributed by atoms with E-state index in [1.807, 2.05) is 0 Å². The maximum Gasteiger partial charge on any atom is 0.00683 e. The van der Waals surface area contributed by atoms with Crippen LogP contribution in [0, 0.1) is 28.6 Å². The van der Waals surface area contributed by atoms with Crippen LogP contribution in [0.4, 0.5) is 0 Å². The van der Waals surface area contributed by atoms with Crippen LogP contribution in [-0.2, 0) is 0 Å². The maximum absolute atomic E-state index is 3.77. The zero-order valence-electron chi connectivity index (χ0n) is 12.1. The molecule has 4 atom stereocenters. The van der Waals surface area contributed by atoms with Crippen LogP contribution in [0.25, 0.3) is 0 Å². The minimum absolute atomic E-state index is 0.600. The average molecular weight is 235 g/mol. The molecule has 0 aromatic heterocycles. The summed E-state index contributed by atoms with van der Waals surface area (Å²) in [7, 11) is 0. The summed E-state index contributed by atoms with van der Waals surface area (Å²) < 4.78 is 0. The van der Waals surface area contributed by atoms with E-state index >= 15 is 0 Å². The molecule has 0 bridgehead atoms. The fourth-order valence-electron chi connectivity index (χ4n) is 4.63. The Hall–Kier alpha value is -0.0400. The first-order chi connectivity index (χ1) is 7.97. The minimum Gasteiger partial charge on any atom is -0.314 e. The van der Waals surface area contributed by atoms with Crippen LogP contribution < -0.4 is 5.32 Å². The van der Waals surface area contributed by atoms with Crippen LogP contribution in [0.15, 0.2) is 0 Å². The quantitative estimate of drug-likeness (QED) is 0.784. The Bertz CT molecular complexity index is 305. The Morgan fingerprint density at radius 3 is 2.35 bits per heavy atom. The van der Waals surface area contributed by atoms with E-state index in [2.05, 4.69) is 33.0 Å². The average Bonchev–Trinajstić information content (AvgIpc) is 3.13. The Morgan fingerprint density at radius 2 is 1.76 bits per heavy atom. The number of hydrogen-bond acceptors (Lipinski definition) is 1. The van der Waals surface area contributed by atoms with Gasteiger partial charge in [0.15, 0.2) is 0 Å². The summed E-state index contributed by atoms with van der Waals surface area (Å²) in [6, 6.07) is 0.878. The SMILES string of the molecule is CC1CCC2(CC1C)C(CNC1CC1)C2(C)C. The molecule has 0 aliphatic heterocycles. The van der Waals surface area contributed by atoms with Crippen molar-refractivity contribution in [3.8, 4) is 0 Å². The van der Waals surface area contributed by atoms with Crippen molar-refractivity contribution in [2.24, 2.45) is 28.6 Å². The Morgan fingerprint density at radius 1 is 1.06 bits per heavy atom. The molecule has 0 aromatic rings. The fourth-order valence-corrected chi connectivity index (χ4v) is 4.63. The van der Waals surface area contributed by atoms with Crippen molar-refractivity contribution in [3.05, 3.63) is 0 Å². The highest BCUT2D eigenvalue weighted by molar-refractivity contribution is 5.19. The van der Waals surface area contributed by atoms with Crippen LogP contribution >= 0.6 is 0 Å². The normalized spacial score (nSPS) is 48.4. The highest BCUT2D eigenvalue weighted by Gasteiger charge is 2.70. The largest absolute Gasteiger partial charge is 0.314 e. The van der Waals surface area contributed by atoms with E-state index in [9.17, 15) is 0 Å². The van der Waals surface area contributed by atoms with Crippen LogP contribution in [0.3, 0.4) is 0 Å². The first kappa shape index (κ1) is 12.0. The van der Waals surface area contributed by atoms with Crippen LogP contribution in [0.5, 0.6) is 0 Å². The molecule has 3 aliphatic rings. The van der Waals surface area contributed by atoms with Crippen LogP contribution in [0.2, 0.25) is 0 Å². The highest BCUT2D eigenvalue weighted by atomic mass is 15.0. The van der Waals surface area contributed by atoms with E-state index in [1.54, 1.807) is 0 Å². The maximum atomic E-state index is 3.77. The lowest BCUT2D eigenvalue weighted by Crippen LogP contribution is -2.27. The molecule has 1 N–H and O–H groups in total. The van der Waals surface area contributed by atoms with Gasteiger partial charge in [-0.3, -0.25) is 0 Å². The van der Waals surface area contributed by atoms with E-state index in [4.69, 9.17) is 0 Å². The monoisotopic (exact) mass is 235 g/mol. The molecule has 98 valence electrons. The molecule has 1 spiro atoms. The number of rotatable bonds is 3. The van der Waals surface area contributed by atoms with E-state index < -0.39 is 0 Å². The summed E-state index contributed by atoms with van der Waals surface area (Å²) in [5, 5.41) is 3.77. The molecule has 1 nitrogen and oxygen atoms in total. The minimum atomic E-state index is 0.600. The highest BCUT2D eigenvalue weighted by Crippen LogP contribution is 2.75. The number of hydrogen-bond donors (Lipinski definition) is 1. The molecule has 0 heterocycles. The van der Waals surface area contributed by atoms with Gasteiger partial charge in [0.2, 0.25) is 0 Å². The lowest BCUT2D eigenvalue weighted by Gasteiger charge is -2.35. The molecule has 3 fully saturated rings. The molecule has 17 heavy (non-hydrogen) atoms. The third kappa shape index (κ3) is 1.77. The van der Waals surface area contributed by atoms with Crippen LogP contribution in [-0.4, -0.2) is 12.6 Å². The van der Waals surface area contributed by atoms with E-state index in [-0.39, 0.29) is 0 Å². The summed E-state index contributed by atoms with van der Waals surface area (Å²) in [5.74, 6) is 2.84. The van der Waals surface area contributed by atoms with Crippen molar-refractivity contribution < 1.29 is 0 Å². The van der Waals surface area contributed by atoms with E-state index in [0.29, 0.717) is 10.8 Å². The molecule has 3 rings (SSSR count). The Labute approximate surface area is 107 Å².